The molecule has 17 heavy (non-hydrogen) atoms. The summed E-state index contributed by atoms with van der Waals surface area (Å²) in [7, 11) is -3.40. The van der Waals surface area contributed by atoms with Gasteiger partial charge >= 0.3 is 0 Å². The van der Waals surface area contributed by atoms with Crippen molar-refractivity contribution in [3.8, 4) is 0 Å². The van der Waals surface area contributed by atoms with Crippen LogP contribution in [0, 0.1) is 0 Å². The van der Waals surface area contributed by atoms with Crippen molar-refractivity contribution in [1.29, 1.82) is 0 Å². The second kappa shape index (κ2) is 5.00. The maximum absolute atomic E-state index is 12.0. The Balaban J connectivity index is 2.17. The zero-order chi connectivity index (χ0) is 12.3. The zero-order valence-electron chi connectivity index (χ0n) is 9.33. The van der Waals surface area contributed by atoms with E-state index < -0.39 is 10.0 Å². The highest BCUT2D eigenvalue weighted by Gasteiger charge is 2.18. The van der Waals surface area contributed by atoms with E-state index in [9.17, 15) is 8.42 Å². The van der Waals surface area contributed by atoms with E-state index in [1.165, 1.54) is 11.3 Å². The molecule has 1 N–H and O–H groups in total. The Morgan fingerprint density at radius 3 is 2.41 bits per heavy atom. The number of hydrogen-bond donors (Lipinski definition) is 1. The number of hydrogen-bond acceptors (Lipinski definition) is 3. The van der Waals surface area contributed by atoms with Crippen LogP contribution >= 0.6 is 11.3 Å². The highest BCUT2D eigenvalue weighted by molar-refractivity contribution is 7.91. The van der Waals surface area contributed by atoms with Gasteiger partial charge in [0.1, 0.15) is 4.21 Å². The van der Waals surface area contributed by atoms with Crippen LogP contribution in [0.25, 0.3) is 0 Å². The van der Waals surface area contributed by atoms with Gasteiger partial charge < -0.3 is 0 Å². The van der Waals surface area contributed by atoms with E-state index in [4.69, 9.17) is 0 Å². The number of thiophene rings is 1. The molecule has 0 spiro atoms. The molecule has 2 aromatic rings. The van der Waals surface area contributed by atoms with Gasteiger partial charge in [0.15, 0.2) is 0 Å². The van der Waals surface area contributed by atoms with E-state index >= 15 is 0 Å². The summed E-state index contributed by atoms with van der Waals surface area (Å²) >= 11 is 1.22. The minimum absolute atomic E-state index is 0.233. The minimum atomic E-state index is -3.40. The van der Waals surface area contributed by atoms with Crippen molar-refractivity contribution in [2.24, 2.45) is 0 Å². The van der Waals surface area contributed by atoms with Gasteiger partial charge in [0.2, 0.25) is 0 Å². The molecule has 0 saturated heterocycles. The van der Waals surface area contributed by atoms with Gasteiger partial charge in [-0.25, -0.2) is 13.1 Å². The Kier molecular flexibility index (Phi) is 3.61. The average Bonchev–Trinajstić information content (AvgIpc) is 2.84. The van der Waals surface area contributed by atoms with Gasteiger partial charge in [0.25, 0.3) is 10.0 Å². The van der Waals surface area contributed by atoms with Crippen LogP contribution in [0.5, 0.6) is 0 Å². The maximum atomic E-state index is 12.0. The number of rotatable bonds is 4. The van der Waals surface area contributed by atoms with Crippen LogP contribution in [-0.2, 0) is 10.0 Å². The third-order valence-electron chi connectivity index (χ3n) is 2.39. The Hall–Kier alpha value is -1.17. The van der Waals surface area contributed by atoms with E-state index in [0.717, 1.165) is 5.56 Å². The molecule has 0 aliphatic rings. The lowest BCUT2D eigenvalue weighted by Gasteiger charge is -2.13. The van der Waals surface area contributed by atoms with Crippen LogP contribution < -0.4 is 4.72 Å². The van der Waals surface area contributed by atoms with Crippen LogP contribution in [0.2, 0.25) is 0 Å². The smallest absolute Gasteiger partial charge is 0.206 e. The molecule has 5 heteroatoms. The molecule has 0 saturated carbocycles. The van der Waals surface area contributed by atoms with Gasteiger partial charge in [-0.1, -0.05) is 36.4 Å². The molecule has 1 aromatic heterocycles. The van der Waals surface area contributed by atoms with Crippen molar-refractivity contribution in [3.63, 3.8) is 0 Å². The molecule has 90 valence electrons. The first kappa shape index (κ1) is 12.3. The molecule has 3 nitrogen and oxygen atoms in total. The molecule has 0 aliphatic heterocycles. The molecule has 0 unspecified atom stereocenters. The largest absolute Gasteiger partial charge is 0.250 e. The Morgan fingerprint density at radius 2 is 1.82 bits per heavy atom. The Morgan fingerprint density at radius 1 is 1.12 bits per heavy atom. The molecule has 0 radical (unpaired) electrons. The molecule has 1 heterocycles. The maximum Gasteiger partial charge on any atom is 0.250 e. The van der Waals surface area contributed by atoms with Gasteiger partial charge in [-0.2, -0.15) is 0 Å². The number of nitrogens with one attached hydrogen (secondary N) is 1. The SMILES string of the molecule is C[C@@H](NS(=O)(=O)c1cccs1)c1ccccc1. The summed E-state index contributed by atoms with van der Waals surface area (Å²) in [4.78, 5) is 0. The number of sulfonamides is 1. The van der Waals surface area contributed by atoms with E-state index in [-0.39, 0.29) is 6.04 Å². The fourth-order valence-corrected chi connectivity index (χ4v) is 3.76. The molecular formula is C12H13NO2S2. The van der Waals surface area contributed by atoms with Gasteiger partial charge in [0.05, 0.1) is 0 Å². The summed E-state index contributed by atoms with van der Waals surface area (Å²) in [5.74, 6) is 0. The van der Waals surface area contributed by atoms with Crippen molar-refractivity contribution in [3.05, 3.63) is 53.4 Å². The summed E-state index contributed by atoms with van der Waals surface area (Å²) in [6, 6.07) is 12.6. The van der Waals surface area contributed by atoms with Crippen molar-refractivity contribution in [1.82, 2.24) is 4.72 Å². The zero-order valence-corrected chi connectivity index (χ0v) is 11.0. The van der Waals surface area contributed by atoms with Crippen molar-refractivity contribution in [2.45, 2.75) is 17.2 Å². The topological polar surface area (TPSA) is 46.2 Å². The molecule has 1 aromatic carbocycles. The molecule has 0 aliphatic carbocycles. The molecular weight excluding hydrogens is 254 g/mol. The summed E-state index contributed by atoms with van der Waals surface area (Å²) in [5.41, 5.74) is 0.952. The van der Waals surface area contributed by atoms with E-state index in [1.54, 1.807) is 17.5 Å². The van der Waals surface area contributed by atoms with E-state index in [0.29, 0.717) is 4.21 Å². The highest BCUT2D eigenvalue weighted by atomic mass is 32.2. The predicted octanol–water partition coefficient (Wildman–Crippen LogP) is 2.79. The fourth-order valence-electron chi connectivity index (χ4n) is 1.52. The molecule has 2 rings (SSSR count). The first-order chi connectivity index (χ1) is 8.09. The lowest BCUT2D eigenvalue weighted by molar-refractivity contribution is 0.569. The van der Waals surface area contributed by atoms with Gasteiger partial charge in [-0.05, 0) is 23.9 Å². The summed E-state index contributed by atoms with van der Waals surface area (Å²) < 4.78 is 27.0. The molecule has 1 atom stereocenters. The highest BCUT2D eigenvalue weighted by Crippen LogP contribution is 2.19. The van der Waals surface area contributed by atoms with Crippen LogP contribution in [0.4, 0.5) is 0 Å². The standard InChI is InChI=1S/C12H13NO2S2/c1-10(11-6-3-2-4-7-11)13-17(14,15)12-8-5-9-16-12/h2-10,13H,1H3/t10-/m1/s1. The summed E-state index contributed by atoms with van der Waals surface area (Å²) in [6.45, 7) is 1.83. The second-order valence-corrected chi connectivity index (χ2v) is 6.57. The number of benzene rings is 1. The van der Waals surface area contributed by atoms with Crippen molar-refractivity contribution < 1.29 is 8.42 Å². The lowest BCUT2D eigenvalue weighted by atomic mass is 10.1. The molecule has 0 fully saturated rings. The van der Waals surface area contributed by atoms with Gasteiger partial charge in [0, 0.05) is 6.04 Å². The average molecular weight is 267 g/mol. The summed E-state index contributed by atoms with van der Waals surface area (Å²) in [6.07, 6.45) is 0. The Bertz CT molecular complexity index is 562. The second-order valence-electron chi connectivity index (χ2n) is 3.69. The van der Waals surface area contributed by atoms with Crippen LogP contribution in [0.3, 0.4) is 0 Å². The van der Waals surface area contributed by atoms with Gasteiger partial charge in [-0.3, -0.25) is 0 Å². The normalized spacial score (nSPS) is 13.5. The first-order valence-electron chi connectivity index (χ1n) is 5.20. The monoisotopic (exact) mass is 267 g/mol. The first-order valence-corrected chi connectivity index (χ1v) is 7.56. The Labute approximate surface area is 105 Å². The predicted molar refractivity (Wildman–Crippen MR) is 69.5 cm³/mol. The van der Waals surface area contributed by atoms with Crippen LogP contribution in [0.1, 0.15) is 18.5 Å². The fraction of sp³-hybridized carbons (Fsp3) is 0.167. The van der Waals surface area contributed by atoms with E-state index in [2.05, 4.69) is 4.72 Å². The molecule has 0 bridgehead atoms. The van der Waals surface area contributed by atoms with Crippen molar-refractivity contribution in [2.75, 3.05) is 0 Å². The summed E-state index contributed by atoms with van der Waals surface area (Å²) in [5, 5.41) is 1.75. The third kappa shape index (κ3) is 2.94. The quantitative estimate of drug-likeness (QED) is 0.926. The van der Waals surface area contributed by atoms with Gasteiger partial charge in [-0.15, -0.1) is 11.3 Å². The van der Waals surface area contributed by atoms with E-state index in [1.807, 2.05) is 37.3 Å². The lowest BCUT2D eigenvalue weighted by Crippen LogP contribution is -2.26. The van der Waals surface area contributed by atoms with Crippen molar-refractivity contribution >= 4 is 21.4 Å². The molecule has 0 amide bonds. The van der Waals surface area contributed by atoms with Crippen LogP contribution in [-0.4, -0.2) is 8.42 Å². The minimum Gasteiger partial charge on any atom is -0.206 e. The van der Waals surface area contributed by atoms with Crippen LogP contribution in [0.15, 0.2) is 52.1 Å². The third-order valence-corrected chi connectivity index (χ3v) is 5.33.